The molecule has 2 aliphatic rings. The lowest BCUT2D eigenvalue weighted by molar-refractivity contribution is -0.274. The number of carbonyl (C=O) groups is 3. The average molecular weight is 757 g/mol. The molecule has 5 rings (SSSR count). The molecule has 1 saturated heterocycles. The molecule has 12 nitrogen and oxygen atoms in total. The molecule has 1 saturated carbocycles. The Morgan fingerprint density at radius 2 is 1.56 bits per heavy atom. The first-order valence-electron chi connectivity index (χ1n) is 16.4. The number of halogens is 5. The minimum atomic E-state index is -4.88. The fourth-order valence-corrected chi connectivity index (χ4v) is 6.07. The number of piperazine rings is 1. The number of sulfonamides is 1. The summed E-state index contributed by atoms with van der Waals surface area (Å²) in [6.07, 6.45) is -1.23. The minimum absolute atomic E-state index is 0.00193. The van der Waals surface area contributed by atoms with E-state index in [0.29, 0.717) is 18.6 Å². The molecule has 18 heteroatoms. The second kappa shape index (κ2) is 18.6. The summed E-state index contributed by atoms with van der Waals surface area (Å²) in [4.78, 5) is 40.1. The van der Waals surface area contributed by atoms with E-state index in [1.165, 1.54) is 36.2 Å². The first-order chi connectivity index (χ1) is 24.6. The van der Waals surface area contributed by atoms with Gasteiger partial charge in [-0.1, -0.05) is 45.0 Å². The van der Waals surface area contributed by atoms with Crippen molar-refractivity contribution in [3.63, 3.8) is 0 Å². The lowest BCUT2D eigenvalue weighted by atomic mass is 10.0. The highest BCUT2D eigenvalue weighted by Gasteiger charge is 2.33. The van der Waals surface area contributed by atoms with Gasteiger partial charge in [0.2, 0.25) is 16.4 Å². The van der Waals surface area contributed by atoms with Crippen LogP contribution in [0.4, 0.5) is 32.4 Å². The number of urea groups is 1. The Morgan fingerprint density at radius 1 is 0.942 bits per heavy atom. The van der Waals surface area contributed by atoms with Crippen LogP contribution in [0.3, 0.4) is 0 Å². The van der Waals surface area contributed by atoms with Crippen LogP contribution < -0.4 is 20.7 Å². The van der Waals surface area contributed by atoms with Crippen molar-refractivity contribution >= 4 is 34.1 Å². The summed E-state index contributed by atoms with van der Waals surface area (Å²) in [6.45, 7) is 6.01. The third kappa shape index (κ3) is 12.4. The van der Waals surface area contributed by atoms with Crippen LogP contribution >= 0.6 is 0 Å². The molecule has 2 heterocycles. The zero-order valence-corrected chi connectivity index (χ0v) is 29.6. The number of nitrogens with zero attached hydrogens (tertiary/aromatic N) is 3. The molecular weight excluding hydrogens is 715 g/mol. The van der Waals surface area contributed by atoms with Crippen LogP contribution in [0.2, 0.25) is 0 Å². The molecule has 2 aromatic carbocycles. The Labute approximate surface area is 298 Å². The van der Waals surface area contributed by atoms with E-state index in [2.05, 4.69) is 25.7 Å². The van der Waals surface area contributed by atoms with Gasteiger partial charge in [0.25, 0.3) is 11.8 Å². The molecule has 4 amide bonds. The second-order valence-electron chi connectivity index (χ2n) is 11.3. The Kier molecular flexibility index (Phi) is 14.9. The highest BCUT2D eigenvalue weighted by Crippen LogP contribution is 2.31. The molecule has 3 N–H and O–H groups in total. The molecule has 52 heavy (non-hydrogen) atoms. The molecule has 1 aliphatic heterocycles. The number of benzene rings is 2. The molecular formula is C34H41F5N6O6S. The number of carbonyl (C=O) groups excluding carboxylic acids is 3. The summed E-state index contributed by atoms with van der Waals surface area (Å²) >= 11 is 0. The molecule has 0 unspecified atom stereocenters. The number of hydrogen-bond donors (Lipinski definition) is 3. The molecule has 284 valence electrons. The van der Waals surface area contributed by atoms with Crippen molar-refractivity contribution in [3.05, 3.63) is 83.7 Å². The summed E-state index contributed by atoms with van der Waals surface area (Å²) in [5, 5.41) is 7.96. The molecule has 0 atom stereocenters. The van der Waals surface area contributed by atoms with Crippen molar-refractivity contribution in [3.8, 4) is 5.75 Å². The number of rotatable bonds is 11. The van der Waals surface area contributed by atoms with Crippen LogP contribution in [0.5, 0.6) is 5.75 Å². The number of anilines is 1. The highest BCUT2D eigenvalue weighted by molar-refractivity contribution is 7.89. The molecule has 1 aromatic heterocycles. The van der Waals surface area contributed by atoms with Crippen LogP contribution in [-0.2, 0) is 27.3 Å². The summed E-state index contributed by atoms with van der Waals surface area (Å²) in [5.74, 6) is -3.61. The van der Waals surface area contributed by atoms with Crippen LogP contribution in [0.25, 0.3) is 0 Å². The standard InChI is InChI=1S/C21H22F3N5O5S.C11H13F2NO.C2H6/c22-21(23,24)34-16-3-5-17(6-4-16)35(32,33)29-11-9-28(10-12-29)20(31)27-15-7-8-25-18(13-15)19(30)26-14-1-2-14;1-2-11(12,13)10-5-3-9(4-6-10)7-14-8-15;1-2/h3-8,13-14H,1-2,9-12H2,(H,26,30)(H,25,27,31);3-6,8H,2,7H2,1H3,(H,14,15);1-2H3. The van der Waals surface area contributed by atoms with Crippen LogP contribution in [0, 0.1) is 0 Å². The number of alkyl halides is 5. The van der Waals surface area contributed by atoms with Crippen LogP contribution in [0.1, 0.15) is 61.6 Å². The summed E-state index contributed by atoms with van der Waals surface area (Å²) in [6, 6.07) is 12.6. The average Bonchev–Trinajstić information content (AvgIpc) is 3.96. The van der Waals surface area contributed by atoms with E-state index in [-0.39, 0.29) is 60.7 Å². The Hall–Kier alpha value is -4.84. The fourth-order valence-electron chi connectivity index (χ4n) is 4.65. The number of hydrogen-bond acceptors (Lipinski definition) is 7. The first-order valence-corrected chi connectivity index (χ1v) is 17.9. The number of nitrogens with one attached hydrogen (secondary N) is 3. The molecule has 0 spiro atoms. The third-order valence-electron chi connectivity index (χ3n) is 7.59. The zero-order chi connectivity index (χ0) is 38.5. The number of aromatic nitrogens is 1. The van der Waals surface area contributed by atoms with E-state index < -0.39 is 34.1 Å². The van der Waals surface area contributed by atoms with Crippen molar-refractivity contribution in [2.75, 3.05) is 31.5 Å². The van der Waals surface area contributed by atoms with Gasteiger partial charge >= 0.3 is 12.4 Å². The van der Waals surface area contributed by atoms with Gasteiger partial charge in [-0.15, -0.1) is 13.2 Å². The van der Waals surface area contributed by atoms with Gasteiger partial charge < -0.3 is 25.6 Å². The number of pyridine rings is 1. The van der Waals surface area contributed by atoms with Crippen molar-refractivity contribution in [1.82, 2.24) is 24.8 Å². The van der Waals surface area contributed by atoms with Crippen LogP contribution in [-0.4, -0.2) is 79.5 Å². The molecule has 0 bridgehead atoms. The largest absolute Gasteiger partial charge is 0.573 e. The smallest absolute Gasteiger partial charge is 0.406 e. The highest BCUT2D eigenvalue weighted by atomic mass is 32.2. The topological polar surface area (TPSA) is 150 Å². The van der Waals surface area contributed by atoms with Crippen molar-refractivity contribution in [2.45, 2.75) is 69.8 Å². The quantitative estimate of drug-likeness (QED) is 0.164. The molecule has 2 fully saturated rings. The molecule has 0 radical (unpaired) electrons. The van der Waals surface area contributed by atoms with E-state index >= 15 is 0 Å². The van der Waals surface area contributed by atoms with E-state index in [0.717, 1.165) is 47.0 Å². The van der Waals surface area contributed by atoms with Crippen molar-refractivity contribution in [1.29, 1.82) is 0 Å². The van der Waals surface area contributed by atoms with Crippen LogP contribution in [0.15, 0.2) is 71.8 Å². The van der Waals surface area contributed by atoms with Gasteiger partial charge in [0, 0.05) is 62.6 Å². The first kappa shape index (κ1) is 41.6. The Bertz CT molecular complexity index is 1730. The lowest BCUT2D eigenvalue weighted by Crippen LogP contribution is -2.51. The minimum Gasteiger partial charge on any atom is -0.406 e. The number of ether oxygens (including phenoxy) is 1. The van der Waals surface area contributed by atoms with E-state index in [1.807, 2.05) is 13.8 Å². The van der Waals surface area contributed by atoms with Gasteiger partial charge in [-0.05, 0) is 54.8 Å². The predicted molar refractivity (Wildman–Crippen MR) is 182 cm³/mol. The third-order valence-corrected chi connectivity index (χ3v) is 9.50. The SMILES string of the molecule is CC.CCC(F)(F)c1ccc(CNC=O)cc1.O=C(NC1CC1)c1cc(NC(=O)N2CCN(S(=O)(=O)c3ccc(OC(F)(F)F)cc3)CC2)ccn1. The van der Waals surface area contributed by atoms with E-state index in [1.54, 1.807) is 18.2 Å². The second-order valence-corrected chi connectivity index (χ2v) is 13.2. The maximum Gasteiger partial charge on any atom is 0.573 e. The van der Waals surface area contributed by atoms with Gasteiger partial charge in [0.1, 0.15) is 11.4 Å². The zero-order valence-electron chi connectivity index (χ0n) is 28.8. The lowest BCUT2D eigenvalue weighted by Gasteiger charge is -2.34. The predicted octanol–water partition coefficient (Wildman–Crippen LogP) is 5.87. The Balaban J connectivity index is 0.000000359. The summed E-state index contributed by atoms with van der Waals surface area (Å²) in [7, 11) is -3.97. The van der Waals surface area contributed by atoms with Crippen molar-refractivity contribution < 1.29 is 49.5 Å². The van der Waals surface area contributed by atoms with E-state index in [4.69, 9.17) is 0 Å². The normalized spacial score (nSPS) is 14.8. The van der Waals surface area contributed by atoms with Gasteiger partial charge in [-0.3, -0.25) is 14.6 Å². The maximum absolute atomic E-state index is 13.2. The number of amides is 4. The molecule has 3 aromatic rings. The molecule has 1 aliphatic carbocycles. The summed E-state index contributed by atoms with van der Waals surface area (Å²) < 4.78 is 93.9. The van der Waals surface area contributed by atoms with Gasteiger partial charge in [-0.2, -0.15) is 4.31 Å². The van der Waals surface area contributed by atoms with Gasteiger partial charge in [-0.25, -0.2) is 22.0 Å². The monoisotopic (exact) mass is 756 g/mol. The van der Waals surface area contributed by atoms with Gasteiger partial charge in [0.15, 0.2) is 0 Å². The maximum atomic E-state index is 13.2. The van der Waals surface area contributed by atoms with Gasteiger partial charge in [0.05, 0.1) is 4.90 Å². The van der Waals surface area contributed by atoms with E-state index in [9.17, 15) is 44.8 Å². The Morgan fingerprint density at radius 3 is 2.10 bits per heavy atom. The fraction of sp³-hybridized carbons (Fsp3) is 0.412. The summed E-state index contributed by atoms with van der Waals surface area (Å²) in [5.41, 5.74) is 1.37. The van der Waals surface area contributed by atoms with Crippen molar-refractivity contribution in [2.24, 2.45) is 0 Å².